The van der Waals surface area contributed by atoms with Crippen LogP contribution in [-0.2, 0) is 52.7 Å². The minimum Gasteiger partial charge on any atom is -0.480 e. The number of nitrogens with zero attached hydrogens (tertiary/aromatic N) is 4. The molecule has 0 fully saturated rings. The average molecular weight is 1250 g/mol. The molecule has 1 aromatic heterocycles. The quantitative estimate of drug-likeness (QED) is 0.0408. The van der Waals surface area contributed by atoms with Crippen LogP contribution in [-0.4, -0.2) is 212 Å². The summed E-state index contributed by atoms with van der Waals surface area (Å²) in [5.41, 5.74) is 5.95. The van der Waals surface area contributed by atoms with E-state index >= 15 is 0 Å². The van der Waals surface area contributed by atoms with Gasteiger partial charge in [0, 0.05) is 23.9 Å². The number of carboxylic acid groups (broad SMARTS) is 1. The maximum atomic E-state index is 13.6. The molecule has 2 aromatic rings. The van der Waals surface area contributed by atoms with Crippen molar-refractivity contribution in [3.63, 3.8) is 0 Å². The number of aliphatic imine (C=N–C) groups is 1. The molecule has 1 aromatic carbocycles. The van der Waals surface area contributed by atoms with Crippen molar-refractivity contribution in [3.05, 3.63) is 23.2 Å². The van der Waals surface area contributed by atoms with E-state index in [1.54, 1.807) is 39.0 Å². The number of thioether (sulfide) groups is 1. The van der Waals surface area contributed by atoms with Gasteiger partial charge in [0.1, 0.15) is 39.8 Å². The fourth-order valence-corrected chi connectivity index (χ4v) is 10.5. The minimum absolute atomic E-state index is 0.0713. The van der Waals surface area contributed by atoms with Crippen LogP contribution in [0.15, 0.2) is 23.2 Å². The average Bonchev–Trinajstić information content (AvgIpc) is 2.07. The van der Waals surface area contributed by atoms with E-state index in [2.05, 4.69) is 63.1 Å². The van der Waals surface area contributed by atoms with Crippen molar-refractivity contribution in [2.24, 2.45) is 16.6 Å². The summed E-state index contributed by atoms with van der Waals surface area (Å²) in [7, 11) is 7.67. The van der Waals surface area contributed by atoms with Gasteiger partial charge in [0.25, 0.3) is 0 Å². The number of aromatic nitrogens is 1. The Kier molecular flexibility index (Phi) is 32.0. The van der Waals surface area contributed by atoms with Gasteiger partial charge in [0.2, 0.25) is 53.2 Å². The highest BCUT2D eigenvalue weighted by molar-refractivity contribution is 8.15. The Labute approximate surface area is 511 Å². The van der Waals surface area contributed by atoms with Gasteiger partial charge in [-0.1, -0.05) is 20.3 Å². The molecule has 0 saturated heterocycles. The highest BCUT2D eigenvalue weighted by Crippen LogP contribution is 2.31. The first-order valence-corrected chi connectivity index (χ1v) is 30.7. The van der Waals surface area contributed by atoms with Crippen molar-refractivity contribution in [2.45, 2.75) is 154 Å². The molecular weight excluding hydrogens is 1150 g/mol. The number of carboxylic acids is 1. The standard InChI is InChI=1S/C56H91N15O13S2/c1-33(2)25-40(65-47(76)31-60-49(78)38(19-13-16-24-71(9)10)69-55(83)84-56(4,5)6)50(79)61-30-46(75)63-35(17-12-15-23-70(7)8)27-43(72)58-28-44(73)59-29-45(74)62-34(3)48(77)66-39(18-11-14-22-57)51(80)64-36-20-21-37-42(26-36)86-53(67-37)52-68-41(32-85-52)54(81)82/h20-21,26,33-35,38-41H,11-19,22-25,27-32,57H2,1-10H3,(H,58,72)(H,59,73)(H,60,78)(H,61,79)(H,62,74)(H,63,75)(H,64,80)(H,65,76)(H,66,77)(H,69,83)(H,81,82)/t34-,35+,38+,39?,40+,41?/m1/s1. The number of anilines is 1. The number of fused-ring (bicyclic) bond motifs is 1. The van der Waals surface area contributed by atoms with Gasteiger partial charge >= 0.3 is 12.1 Å². The van der Waals surface area contributed by atoms with Gasteiger partial charge in [-0.05, 0) is 157 Å². The van der Waals surface area contributed by atoms with Gasteiger partial charge in [-0.15, -0.1) is 23.1 Å². The molecule has 0 saturated carbocycles. The lowest BCUT2D eigenvalue weighted by atomic mass is 10.0. The van der Waals surface area contributed by atoms with E-state index < -0.39 is 133 Å². The number of carbonyl (C=O) groups excluding carboxylic acids is 10. The van der Waals surface area contributed by atoms with Gasteiger partial charge in [-0.3, -0.25) is 48.1 Å². The highest BCUT2D eigenvalue weighted by Gasteiger charge is 2.30. The van der Waals surface area contributed by atoms with Crippen molar-refractivity contribution in [2.75, 3.05) is 85.1 Å². The third kappa shape index (κ3) is 29.4. The van der Waals surface area contributed by atoms with Crippen molar-refractivity contribution >= 4 is 109 Å². The molecule has 3 rings (SSSR count). The van der Waals surface area contributed by atoms with E-state index in [1.165, 1.54) is 30.0 Å². The Hall–Kier alpha value is -7.02. The molecular formula is C56H91N15O13S2. The summed E-state index contributed by atoms with van der Waals surface area (Å²) in [5.74, 6) is -6.57. The Morgan fingerprint density at radius 3 is 1.81 bits per heavy atom. The number of alkyl carbamates (subject to hydrolysis) is 1. The summed E-state index contributed by atoms with van der Waals surface area (Å²) in [5, 5.41) is 36.4. The van der Waals surface area contributed by atoms with Crippen LogP contribution in [0.3, 0.4) is 0 Å². The van der Waals surface area contributed by atoms with E-state index in [4.69, 9.17) is 10.5 Å². The number of hydrogen-bond donors (Lipinski definition) is 12. The predicted octanol–water partition coefficient (Wildman–Crippen LogP) is 0.528. The minimum atomic E-state index is -1.13. The number of ether oxygens (including phenoxy) is 1. The van der Waals surface area contributed by atoms with Crippen LogP contribution >= 0.6 is 23.1 Å². The Bertz CT molecular complexity index is 2660. The van der Waals surface area contributed by atoms with E-state index in [0.29, 0.717) is 65.7 Å². The summed E-state index contributed by atoms with van der Waals surface area (Å²) in [4.78, 5) is 156. The van der Waals surface area contributed by atoms with Crippen molar-refractivity contribution < 1.29 is 62.6 Å². The molecule has 2 unspecified atom stereocenters. The van der Waals surface area contributed by atoms with E-state index in [-0.39, 0.29) is 31.6 Å². The first kappa shape index (κ1) is 73.2. The van der Waals surface area contributed by atoms with Crippen LogP contribution in [0.5, 0.6) is 0 Å². The number of amides is 10. The number of nitrogens with two attached hydrogens (primary N) is 1. The zero-order valence-corrected chi connectivity index (χ0v) is 52.9. The van der Waals surface area contributed by atoms with Crippen LogP contribution in [0.25, 0.3) is 10.2 Å². The van der Waals surface area contributed by atoms with Crippen molar-refractivity contribution in [3.8, 4) is 0 Å². The summed E-state index contributed by atoms with van der Waals surface area (Å²) in [6.07, 6.45) is 3.89. The first-order chi connectivity index (χ1) is 40.5. The molecule has 0 spiro atoms. The van der Waals surface area contributed by atoms with Crippen molar-refractivity contribution in [1.82, 2.24) is 62.6 Å². The normalized spacial score (nSPS) is 14.9. The Morgan fingerprint density at radius 1 is 0.663 bits per heavy atom. The van der Waals surface area contributed by atoms with Gasteiger partial charge < -0.3 is 78.5 Å². The van der Waals surface area contributed by atoms with E-state index in [1.807, 2.05) is 51.8 Å². The monoisotopic (exact) mass is 1250 g/mol. The van der Waals surface area contributed by atoms with Crippen LogP contribution in [0.1, 0.15) is 117 Å². The molecule has 13 N–H and O–H groups in total. The maximum absolute atomic E-state index is 13.6. The lowest BCUT2D eigenvalue weighted by molar-refractivity contribution is -0.138. The number of thiazole rings is 1. The Morgan fingerprint density at radius 2 is 1.22 bits per heavy atom. The van der Waals surface area contributed by atoms with Gasteiger partial charge in [0.15, 0.2) is 6.04 Å². The van der Waals surface area contributed by atoms with Gasteiger partial charge in [-0.25, -0.2) is 14.6 Å². The lowest BCUT2D eigenvalue weighted by Crippen LogP contribution is -2.53. The smallest absolute Gasteiger partial charge is 0.408 e. The highest BCUT2D eigenvalue weighted by atomic mass is 32.2. The van der Waals surface area contributed by atoms with E-state index in [9.17, 15) is 57.8 Å². The largest absolute Gasteiger partial charge is 0.480 e. The van der Waals surface area contributed by atoms with Crippen LogP contribution in [0, 0.1) is 5.92 Å². The lowest BCUT2D eigenvalue weighted by Gasteiger charge is -2.24. The third-order valence-corrected chi connectivity index (χ3v) is 15.0. The first-order valence-electron chi connectivity index (χ1n) is 28.9. The number of benzene rings is 1. The molecule has 0 radical (unpaired) electrons. The third-order valence-electron chi connectivity index (χ3n) is 12.8. The molecule has 2 heterocycles. The molecule has 86 heavy (non-hydrogen) atoms. The molecule has 6 atom stereocenters. The summed E-state index contributed by atoms with van der Waals surface area (Å²) < 4.78 is 6.06. The molecule has 480 valence electrons. The predicted molar refractivity (Wildman–Crippen MR) is 329 cm³/mol. The number of hydrogen-bond acceptors (Lipinski definition) is 19. The fraction of sp³-hybridized carbons (Fsp3) is 0.661. The fourth-order valence-electron chi connectivity index (χ4n) is 8.42. The zero-order chi connectivity index (χ0) is 64.1. The second-order valence-electron chi connectivity index (χ2n) is 22.9. The summed E-state index contributed by atoms with van der Waals surface area (Å²) >= 11 is 2.61. The molecule has 1 aliphatic rings. The van der Waals surface area contributed by atoms with Crippen LogP contribution in [0.2, 0.25) is 0 Å². The maximum Gasteiger partial charge on any atom is 0.408 e. The van der Waals surface area contributed by atoms with E-state index in [0.717, 1.165) is 30.6 Å². The molecule has 0 aliphatic carbocycles. The topological polar surface area (TPSA) is 395 Å². The Balaban J connectivity index is 1.50. The number of aliphatic carboxylic acids is 1. The van der Waals surface area contributed by atoms with Gasteiger partial charge in [0.05, 0.1) is 36.4 Å². The van der Waals surface area contributed by atoms with Crippen LogP contribution in [0.4, 0.5) is 10.5 Å². The van der Waals surface area contributed by atoms with Crippen LogP contribution < -0.4 is 58.9 Å². The second kappa shape index (κ2) is 37.5. The molecule has 1 aliphatic heterocycles. The number of carbonyl (C=O) groups is 11. The summed E-state index contributed by atoms with van der Waals surface area (Å²) in [6, 6.07) is -0.684. The second-order valence-corrected chi connectivity index (χ2v) is 25.0. The summed E-state index contributed by atoms with van der Waals surface area (Å²) in [6.45, 7) is 9.97. The SMILES string of the molecule is CC(C)C[C@H](NC(=O)CNC(=O)[C@H](CCCCN(C)C)NC(=O)OC(C)(C)C)C(=O)NCC(=O)N[C@@H](CCCCN(C)C)CC(=O)NCC(=O)NCC(=O)N[C@H](C)C(=O)NC(CCCCN)C(=O)Nc1ccc2nc(C3=NC(C(=O)O)CS3)sc2c1. The molecule has 30 heteroatoms. The van der Waals surface area contributed by atoms with Gasteiger partial charge in [-0.2, -0.15) is 0 Å². The number of rotatable bonds is 38. The zero-order valence-electron chi connectivity index (χ0n) is 51.2. The molecule has 10 amide bonds. The van der Waals surface area contributed by atoms with Crippen molar-refractivity contribution in [1.29, 1.82) is 0 Å². The molecule has 0 bridgehead atoms. The number of nitrogens with one attached hydrogen (secondary N) is 10. The number of unbranched alkanes of at least 4 members (excludes halogenated alkanes) is 3. The molecule has 28 nitrogen and oxygen atoms in total.